The number of benzene rings is 1. The maximum absolute atomic E-state index is 12.7. The van der Waals surface area contributed by atoms with Crippen LogP contribution >= 0.6 is 11.8 Å². The Kier molecular flexibility index (Phi) is 7.96. The third kappa shape index (κ3) is 5.31. The summed E-state index contributed by atoms with van der Waals surface area (Å²) in [6, 6.07) is 6.58. The number of anilines is 1. The summed E-state index contributed by atoms with van der Waals surface area (Å²) in [6.07, 6.45) is 2.81. The summed E-state index contributed by atoms with van der Waals surface area (Å²) in [7, 11) is 1.29. The van der Waals surface area contributed by atoms with Crippen molar-refractivity contribution in [2.45, 2.75) is 25.0 Å². The smallest absolute Gasteiger partial charge is 0.338 e. The molecule has 1 aliphatic heterocycles. The van der Waals surface area contributed by atoms with Gasteiger partial charge in [0.15, 0.2) is 10.8 Å². The number of hydrogen-bond donors (Lipinski definition) is 1. The summed E-state index contributed by atoms with van der Waals surface area (Å²) >= 11 is 1.62. The van der Waals surface area contributed by atoms with Crippen molar-refractivity contribution in [1.82, 2.24) is 25.1 Å². The summed E-state index contributed by atoms with van der Waals surface area (Å²) < 4.78 is 12.1. The highest BCUT2D eigenvalue weighted by molar-refractivity contribution is 7.99. The number of carbonyl (C=O) groups excluding carboxylic acids is 2. The number of amides is 1. The number of aromatic nitrogens is 4. The average molecular weight is 485 g/mol. The largest absolute Gasteiger partial charge is 0.465 e. The van der Waals surface area contributed by atoms with E-state index in [1.807, 2.05) is 0 Å². The first-order valence-electron chi connectivity index (χ1n) is 11.3. The highest BCUT2D eigenvalue weighted by Crippen LogP contribution is 2.28. The molecule has 34 heavy (non-hydrogen) atoms. The second-order valence-electron chi connectivity index (χ2n) is 7.68. The molecular formula is C23H28N6O4S. The molecule has 1 saturated heterocycles. The van der Waals surface area contributed by atoms with Gasteiger partial charge >= 0.3 is 5.97 Å². The summed E-state index contributed by atoms with van der Waals surface area (Å²) in [6.45, 7) is 5.73. The fourth-order valence-corrected chi connectivity index (χ4v) is 4.39. The number of esters is 1. The number of methoxy groups -OCH3 is 1. The number of hydrogen-bond acceptors (Lipinski definition) is 9. The zero-order valence-corrected chi connectivity index (χ0v) is 20.1. The van der Waals surface area contributed by atoms with Crippen LogP contribution in [0.2, 0.25) is 0 Å². The van der Waals surface area contributed by atoms with Crippen LogP contribution in [0.25, 0.3) is 11.0 Å². The lowest BCUT2D eigenvalue weighted by Crippen LogP contribution is -2.37. The number of carbonyl (C=O) groups is 2. The molecule has 1 N–H and O–H groups in total. The van der Waals surface area contributed by atoms with Crippen LogP contribution in [0.1, 0.15) is 34.1 Å². The summed E-state index contributed by atoms with van der Waals surface area (Å²) in [5.74, 6) is 0.903. The molecule has 1 amide bonds. The molecule has 10 nitrogen and oxygen atoms in total. The molecule has 0 saturated carbocycles. The molecule has 2 aromatic heterocycles. The summed E-state index contributed by atoms with van der Waals surface area (Å²) in [5.41, 5.74) is 1.24. The van der Waals surface area contributed by atoms with Crippen LogP contribution in [0.15, 0.2) is 35.6 Å². The monoisotopic (exact) mass is 484 g/mol. The van der Waals surface area contributed by atoms with E-state index in [0.29, 0.717) is 31.5 Å². The SMILES string of the molecule is CCCSc1nc(N2CCOCC2)c2cnn(CCNC(=O)c3ccccc3C(=O)OC)c2n1. The summed E-state index contributed by atoms with van der Waals surface area (Å²) in [4.78, 5) is 36.5. The Labute approximate surface area is 202 Å². The van der Waals surface area contributed by atoms with E-state index >= 15 is 0 Å². The highest BCUT2D eigenvalue weighted by atomic mass is 32.2. The number of morpholine rings is 1. The fraction of sp³-hybridized carbons (Fsp3) is 0.435. The van der Waals surface area contributed by atoms with Gasteiger partial charge in [-0.3, -0.25) is 4.79 Å². The first-order valence-corrected chi connectivity index (χ1v) is 12.3. The Bertz CT molecular complexity index is 1160. The zero-order valence-electron chi connectivity index (χ0n) is 19.3. The van der Waals surface area contributed by atoms with Gasteiger partial charge in [-0.1, -0.05) is 30.8 Å². The molecule has 1 aromatic carbocycles. The van der Waals surface area contributed by atoms with E-state index in [4.69, 9.17) is 19.4 Å². The number of nitrogens with one attached hydrogen (secondary N) is 1. The molecule has 3 heterocycles. The lowest BCUT2D eigenvalue weighted by molar-refractivity contribution is 0.0596. The maximum atomic E-state index is 12.7. The molecule has 1 fully saturated rings. The van der Waals surface area contributed by atoms with Gasteiger partial charge in [-0.05, 0) is 18.6 Å². The average Bonchev–Trinajstić information content (AvgIpc) is 3.29. The van der Waals surface area contributed by atoms with Crippen LogP contribution in [0, 0.1) is 0 Å². The van der Waals surface area contributed by atoms with Gasteiger partial charge < -0.3 is 19.7 Å². The lowest BCUT2D eigenvalue weighted by Gasteiger charge is -2.28. The molecule has 4 rings (SSSR count). The highest BCUT2D eigenvalue weighted by Gasteiger charge is 2.21. The molecule has 0 radical (unpaired) electrons. The fourth-order valence-electron chi connectivity index (χ4n) is 3.70. The molecular weight excluding hydrogens is 456 g/mol. The molecule has 0 spiro atoms. The van der Waals surface area contributed by atoms with Crippen LogP contribution < -0.4 is 10.2 Å². The quantitative estimate of drug-likeness (QED) is 0.278. The Morgan fingerprint density at radius 2 is 1.94 bits per heavy atom. The van der Waals surface area contributed by atoms with E-state index in [-0.39, 0.29) is 17.0 Å². The first-order chi connectivity index (χ1) is 16.6. The minimum atomic E-state index is -0.548. The topological polar surface area (TPSA) is 111 Å². The predicted molar refractivity (Wildman–Crippen MR) is 129 cm³/mol. The molecule has 0 unspecified atom stereocenters. The normalized spacial score (nSPS) is 13.8. The molecule has 1 aliphatic rings. The number of fused-ring (bicyclic) bond motifs is 1. The van der Waals surface area contributed by atoms with Gasteiger partial charge in [0.2, 0.25) is 0 Å². The van der Waals surface area contributed by atoms with Gasteiger partial charge in [-0.2, -0.15) is 5.10 Å². The van der Waals surface area contributed by atoms with E-state index in [2.05, 4.69) is 22.2 Å². The van der Waals surface area contributed by atoms with Crippen molar-refractivity contribution in [1.29, 1.82) is 0 Å². The van der Waals surface area contributed by atoms with Crippen molar-refractivity contribution in [2.24, 2.45) is 0 Å². The predicted octanol–water partition coefficient (Wildman–Crippen LogP) is 2.38. The van der Waals surface area contributed by atoms with Crippen LogP contribution in [-0.2, 0) is 16.0 Å². The van der Waals surface area contributed by atoms with Gasteiger partial charge in [-0.15, -0.1) is 0 Å². The Morgan fingerprint density at radius 1 is 1.18 bits per heavy atom. The van der Waals surface area contributed by atoms with Crippen molar-refractivity contribution in [2.75, 3.05) is 50.6 Å². The maximum Gasteiger partial charge on any atom is 0.338 e. The Balaban J connectivity index is 1.52. The van der Waals surface area contributed by atoms with E-state index in [9.17, 15) is 9.59 Å². The molecule has 0 atom stereocenters. The molecule has 11 heteroatoms. The van der Waals surface area contributed by atoms with Gasteiger partial charge in [0, 0.05) is 25.4 Å². The first kappa shape index (κ1) is 24.0. The van der Waals surface area contributed by atoms with Gasteiger partial charge in [0.1, 0.15) is 5.82 Å². The van der Waals surface area contributed by atoms with E-state index in [1.54, 1.807) is 46.9 Å². The van der Waals surface area contributed by atoms with Crippen LogP contribution in [0.4, 0.5) is 5.82 Å². The van der Waals surface area contributed by atoms with E-state index in [0.717, 1.165) is 42.1 Å². The molecule has 0 bridgehead atoms. The second-order valence-corrected chi connectivity index (χ2v) is 8.74. The van der Waals surface area contributed by atoms with Gasteiger partial charge in [-0.25, -0.2) is 19.4 Å². The number of thioether (sulfide) groups is 1. The van der Waals surface area contributed by atoms with Crippen molar-refractivity contribution < 1.29 is 19.1 Å². The Morgan fingerprint density at radius 3 is 2.68 bits per heavy atom. The van der Waals surface area contributed by atoms with Gasteiger partial charge in [0.05, 0.1) is 49.6 Å². The second kappa shape index (κ2) is 11.3. The third-order valence-electron chi connectivity index (χ3n) is 5.39. The van der Waals surface area contributed by atoms with E-state index < -0.39 is 5.97 Å². The Hall–Kier alpha value is -3.18. The van der Waals surface area contributed by atoms with Crippen LogP contribution in [0.3, 0.4) is 0 Å². The number of nitrogens with zero attached hydrogens (tertiary/aromatic N) is 5. The van der Waals surface area contributed by atoms with Crippen molar-refractivity contribution in [3.05, 3.63) is 41.6 Å². The molecule has 3 aromatic rings. The molecule has 0 aliphatic carbocycles. The number of rotatable bonds is 9. The zero-order chi connectivity index (χ0) is 23.9. The van der Waals surface area contributed by atoms with Crippen LogP contribution in [-0.4, -0.2) is 77.3 Å². The standard InChI is InChI=1S/C23H28N6O4S/c1-3-14-34-23-26-19(28-10-12-33-13-11-28)18-15-25-29(20(18)27-23)9-8-24-21(30)16-6-4-5-7-17(16)22(31)32-2/h4-7,15H,3,8-14H2,1-2H3,(H,24,30). The minimum absolute atomic E-state index is 0.229. The summed E-state index contributed by atoms with van der Waals surface area (Å²) in [5, 5.41) is 8.98. The van der Waals surface area contributed by atoms with Crippen molar-refractivity contribution in [3.63, 3.8) is 0 Å². The number of ether oxygens (including phenoxy) is 2. The van der Waals surface area contributed by atoms with Crippen molar-refractivity contribution in [3.8, 4) is 0 Å². The minimum Gasteiger partial charge on any atom is -0.465 e. The van der Waals surface area contributed by atoms with Crippen LogP contribution in [0.5, 0.6) is 0 Å². The third-order valence-corrected chi connectivity index (χ3v) is 6.44. The lowest BCUT2D eigenvalue weighted by atomic mass is 10.1. The van der Waals surface area contributed by atoms with Crippen molar-refractivity contribution >= 4 is 40.5 Å². The van der Waals surface area contributed by atoms with E-state index in [1.165, 1.54) is 7.11 Å². The van der Waals surface area contributed by atoms with Gasteiger partial charge in [0.25, 0.3) is 5.91 Å². The molecule has 180 valence electrons.